The molecule has 1 aliphatic rings. The van der Waals surface area contributed by atoms with Gasteiger partial charge < -0.3 is 10.2 Å². The minimum atomic E-state index is -0.201. The van der Waals surface area contributed by atoms with Gasteiger partial charge in [0.15, 0.2) is 5.69 Å². The molecule has 4 rings (SSSR count). The van der Waals surface area contributed by atoms with Crippen LogP contribution in [0.4, 0.5) is 10.1 Å². The van der Waals surface area contributed by atoms with Crippen molar-refractivity contribution in [3.63, 3.8) is 0 Å². The number of carbonyl (C=O) groups excluding carboxylic acids is 1. The molecule has 0 radical (unpaired) electrons. The van der Waals surface area contributed by atoms with Crippen LogP contribution in [0.15, 0.2) is 54.7 Å². The molecule has 0 bridgehead atoms. The molecule has 3 heterocycles. The molecule has 0 unspecified atom stereocenters. The normalized spacial score (nSPS) is 15.1. The molecule has 1 amide bonds. The van der Waals surface area contributed by atoms with Gasteiger partial charge >= 0.3 is 0 Å². The molecule has 0 spiro atoms. The third-order valence-corrected chi connectivity index (χ3v) is 5.10. The fourth-order valence-corrected chi connectivity index (χ4v) is 3.53. The molecule has 1 saturated heterocycles. The minimum Gasteiger partial charge on any atom is -0.369 e. The fourth-order valence-electron chi connectivity index (χ4n) is 3.53. The molecule has 146 valence electrons. The SMILES string of the molecule is O=C(NCCCN1CCN(c2ccc(F)cc2)CC1)c1cc2ccccn2n1. The van der Waals surface area contributed by atoms with Crippen LogP contribution in [0.3, 0.4) is 0 Å². The highest BCUT2D eigenvalue weighted by molar-refractivity contribution is 5.93. The van der Waals surface area contributed by atoms with Crippen molar-refractivity contribution in [2.75, 3.05) is 44.2 Å². The molecule has 1 N–H and O–H groups in total. The van der Waals surface area contributed by atoms with Gasteiger partial charge in [-0.2, -0.15) is 5.10 Å². The molecule has 6 nitrogen and oxygen atoms in total. The van der Waals surface area contributed by atoms with E-state index in [0.717, 1.165) is 50.3 Å². The predicted octanol–water partition coefficient (Wildman–Crippen LogP) is 2.42. The van der Waals surface area contributed by atoms with Crippen LogP contribution in [0.5, 0.6) is 0 Å². The molecule has 1 aromatic carbocycles. The molecule has 2 aromatic heterocycles. The van der Waals surface area contributed by atoms with Gasteiger partial charge in [0.05, 0.1) is 5.52 Å². The largest absolute Gasteiger partial charge is 0.369 e. The molecular weight excluding hydrogens is 357 g/mol. The summed E-state index contributed by atoms with van der Waals surface area (Å²) < 4.78 is 14.8. The van der Waals surface area contributed by atoms with Crippen molar-refractivity contribution in [3.05, 3.63) is 66.2 Å². The Kier molecular flexibility index (Phi) is 5.53. The number of benzene rings is 1. The van der Waals surface area contributed by atoms with Crippen LogP contribution < -0.4 is 10.2 Å². The topological polar surface area (TPSA) is 52.9 Å². The Bertz CT molecular complexity index is 898. The Morgan fingerprint density at radius 3 is 2.61 bits per heavy atom. The second kappa shape index (κ2) is 8.39. The van der Waals surface area contributed by atoms with E-state index in [4.69, 9.17) is 0 Å². The number of pyridine rings is 1. The van der Waals surface area contributed by atoms with Gasteiger partial charge in [-0.1, -0.05) is 6.07 Å². The quantitative estimate of drug-likeness (QED) is 0.667. The third-order valence-electron chi connectivity index (χ3n) is 5.10. The monoisotopic (exact) mass is 381 g/mol. The fraction of sp³-hybridized carbons (Fsp3) is 0.333. The molecule has 1 fully saturated rings. The van der Waals surface area contributed by atoms with Gasteiger partial charge in [-0.3, -0.25) is 9.69 Å². The Labute approximate surface area is 163 Å². The molecule has 7 heteroatoms. The summed E-state index contributed by atoms with van der Waals surface area (Å²) in [7, 11) is 0. The van der Waals surface area contributed by atoms with Gasteiger partial charge in [-0.25, -0.2) is 8.91 Å². The summed E-state index contributed by atoms with van der Waals surface area (Å²) in [6, 6.07) is 14.2. The first-order valence-corrected chi connectivity index (χ1v) is 9.64. The molecule has 3 aromatic rings. The van der Waals surface area contributed by atoms with Crippen LogP contribution in [-0.2, 0) is 0 Å². The summed E-state index contributed by atoms with van der Waals surface area (Å²) in [5.41, 5.74) is 2.42. The number of rotatable bonds is 6. The highest BCUT2D eigenvalue weighted by Gasteiger charge is 2.17. The van der Waals surface area contributed by atoms with Gasteiger partial charge in [0, 0.05) is 44.6 Å². The zero-order chi connectivity index (χ0) is 19.3. The third kappa shape index (κ3) is 4.31. The lowest BCUT2D eigenvalue weighted by Crippen LogP contribution is -2.47. The van der Waals surface area contributed by atoms with E-state index in [1.165, 1.54) is 12.1 Å². The van der Waals surface area contributed by atoms with Gasteiger partial charge in [-0.05, 0) is 55.4 Å². The zero-order valence-electron chi connectivity index (χ0n) is 15.7. The first-order valence-electron chi connectivity index (χ1n) is 9.64. The standard InChI is InChI=1S/C21H24FN5O/c22-17-5-7-18(8-6-17)26-14-12-25(13-15-26)10-3-9-23-21(28)20-16-19-4-1-2-11-27(19)24-20/h1-2,4-8,11,16H,3,9-10,12-15H2,(H,23,28). The number of aromatic nitrogens is 2. The van der Waals surface area contributed by atoms with Crippen molar-refractivity contribution in [1.29, 1.82) is 0 Å². The zero-order valence-corrected chi connectivity index (χ0v) is 15.7. The molecule has 28 heavy (non-hydrogen) atoms. The van der Waals surface area contributed by atoms with Gasteiger partial charge in [0.25, 0.3) is 5.91 Å². The summed E-state index contributed by atoms with van der Waals surface area (Å²) in [5.74, 6) is -0.335. The lowest BCUT2D eigenvalue weighted by atomic mass is 10.2. The van der Waals surface area contributed by atoms with Crippen molar-refractivity contribution in [1.82, 2.24) is 19.8 Å². The van der Waals surface area contributed by atoms with E-state index >= 15 is 0 Å². The lowest BCUT2D eigenvalue weighted by Gasteiger charge is -2.36. The number of piperazine rings is 1. The van der Waals surface area contributed by atoms with Crippen molar-refractivity contribution in [2.24, 2.45) is 0 Å². The Morgan fingerprint density at radius 1 is 1.07 bits per heavy atom. The van der Waals surface area contributed by atoms with Crippen molar-refractivity contribution in [3.8, 4) is 0 Å². The maximum Gasteiger partial charge on any atom is 0.271 e. The van der Waals surface area contributed by atoms with Crippen molar-refractivity contribution in [2.45, 2.75) is 6.42 Å². The summed E-state index contributed by atoms with van der Waals surface area (Å²) in [6.45, 7) is 5.38. The van der Waals surface area contributed by atoms with E-state index in [1.807, 2.05) is 36.5 Å². The number of nitrogens with one attached hydrogen (secondary N) is 1. The van der Waals surface area contributed by atoms with E-state index in [0.29, 0.717) is 12.2 Å². The summed E-state index contributed by atoms with van der Waals surface area (Å²) in [5, 5.41) is 7.24. The number of anilines is 1. The molecule has 0 saturated carbocycles. The highest BCUT2D eigenvalue weighted by Crippen LogP contribution is 2.16. The van der Waals surface area contributed by atoms with Crippen LogP contribution in [-0.4, -0.2) is 59.7 Å². The van der Waals surface area contributed by atoms with E-state index in [1.54, 1.807) is 10.6 Å². The van der Waals surface area contributed by atoms with E-state index in [9.17, 15) is 9.18 Å². The average molecular weight is 381 g/mol. The number of fused-ring (bicyclic) bond motifs is 1. The smallest absolute Gasteiger partial charge is 0.271 e. The van der Waals surface area contributed by atoms with E-state index in [2.05, 4.69) is 20.2 Å². The first-order chi connectivity index (χ1) is 13.7. The number of halogens is 1. The maximum absolute atomic E-state index is 13.0. The second-order valence-electron chi connectivity index (χ2n) is 7.01. The number of amides is 1. The summed E-state index contributed by atoms with van der Waals surface area (Å²) >= 11 is 0. The number of hydrogen-bond donors (Lipinski definition) is 1. The molecule has 1 aliphatic heterocycles. The molecule has 0 aliphatic carbocycles. The molecule has 0 atom stereocenters. The number of hydrogen-bond acceptors (Lipinski definition) is 4. The summed E-state index contributed by atoms with van der Waals surface area (Å²) in [4.78, 5) is 16.9. The van der Waals surface area contributed by atoms with Crippen molar-refractivity contribution >= 4 is 17.1 Å². The minimum absolute atomic E-state index is 0.134. The average Bonchev–Trinajstić information content (AvgIpc) is 3.17. The van der Waals surface area contributed by atoms with Crippen LogP contribution in [0, 0.1) is 5.82 Å². The van der Waals surface area contributed by atoms with Gasteiger partial charge in [0.2, 0.25) is 0 Å². The van der Waals surface area contributed by atoms with Crippen molar-refractivity contribution < 1.29 is 9.18 Å². The van der Waals surface area contributed by atoms with Crippen LogP contribution in [0.1, 0.15) is 16.9 Å². The second-order valence-corrected chi connectivity index (χ2v) is 7.01. The Hall–Kier alpha value is -2.93. The summed E-state index contributed by atoms with van der Waals surface area (Å²) in [6.07, 6.45) is 2.73. The number of carbonyl (C=O) groups is 1. The Morgan fingerprint density at radius 2 is 1.86 bits per heavy atom. The van der Waals surface area contributed by atoms with Crippen LogP contribution in [0.25, 0.3) is 5.52 Å². The lowest BCUT2D eigenvalue weighted by molar-refractivity contribution is 0.0946. The van der Waals surface area contributed by atoms with Gasteiger partial charge in [-0.15, -0.1) is 0 Å². The van der Waals surface area contributed by atoms with E-state index < -0.39 is 0 Å². The van der Waals surface area contributed by atoms with Gasteiger partial charge in [0.1, 0.15) is 5.82 Å². The molecular formula is C21H24FN5O. The van der Waals surface area contributed by atoms with Crippen LogP contribution in [0.2, 0.25) is 0 Å². The maximum atomic E-state index is 13.0. The van der Waals surface area contributed by atoms with Crippen LogP contribution >= 0.6 is 0 Å². The number of nitrogens with zero attached hydrogens (tertiary/aromatic N) is 4. The predicted molar refractivity (Wildman–Crippen MR) is 107 cm³/mol. The van der Waals surface area contributed by atoms with E-state index in [-0.39, 0.29) is 11.7 Å². The first kappa shape index (κ1) is 18.4. The highest BCUT2D eigenvalue weighted by atomic mass is 19.1. The Balaban J connectivity index is 1.18.